The normalized spacial score (nSPS) is 17.5. The van der Waals surface area contributed by atoms with Gasteiger partial charge in [0.2, 0.25) is 0 Å². The Hall–Kier alpha value is -3.55. The number of benzene rings is 4. The van der Waals surface area contributed by atoms with Crippen LogP contribution in [0.15, 0.2) is 124 Å². The maximum Gasteiger partial charge on any atom is 0.265 e. The minimum absolute atomic E-state index is 0.163. The van der Waals surface area contributed by atoms with E-state index in [1.807, 2.05) is 67.6 Å². The molecule has 0 fully saturated rings. The third kappa shape index (κ3) is 5.15. The minimum atomic E-state index is -4.03. The SMILES string of the molecule is Cc1ccc(S(=O)(=O)N2C(Cc3ccccc3)=N[C@H](C(=O)c3ccc(Br)cc3)[C@H]2c2ccccc2)cc1. The standard InChI is InChI=1S/C30H25BrN2O3S/c1-21-12-18-26(19-13-21)37(35,36)33-27(20-22-8-4-2-5-9-22)32-28(29(33)23-10-6-3-7-11-23)30(34)24-14-16-25(31)17-15-24/h2-19,28-29H,20H2,1H3/t28-,29+/m0/s1. The highest BCUT2D eigenvalue weighted by atomic mass is 79.9. The van der Waals surface area contributed by atoms with Crippen LogP contribution in [0.2, 0.25) is 0 Å². The Morgan fingerprint density at radius 3 is 2.05 bits per heavy atom. The maximum absolute atomic E-state index is 14.2. The smallest absolute Gasteiger partial charge is 0.265 e. The van der Waals surface area contributed by atoms with Crippen molar-refractivity contribution in [2.24, 2.45) is 4.99 Å². The molecule has 1 aliphatic rings. The van der Waals surface area contributed by atoms with E-state index in [0.29, 0.717) is 17.0 Å². The van der Waals surface area contributed by atoms with Gasteiger partial charge >= 0.3 is 0 Å². The molecule has 0 radical (unpaired) electrons. The Morgan fingerprint density at radius 1 is 0.838 bits per heavy atom. The first-order valence-electron chi connectivity index (χ1n) is 11.9. The first kappa shape index (κ1) is 25.1. The number of carbonyl (C=O) groups is 1. The minimum Gasteiger partial charge on any atom is -0.292 e. The zero-order valence-corrected chi connectivity index (χ0v) is 22.6. The number of sulfonamides is 1. The zero-order valence-electron chi connectivity index (χ0n) is 20.2. The van der Waals surface area contributed by atoms with Crippen LogP contribution in [0.1, 0.15) is 33.1 Å². The Labute approximate surface area is 225 Å². The van der Waals surface area contributed by atoms with Crippen molar-refractivity contribution in [1.29, 1.82) is 0 Å². The number of aryl methyl sites for hydroxylation is 1. The van der Waals surface area contributed by atoms with Crippen molar-refractivity contribution in [3.63, 3.8) is 0 Å². The fourth-order valence-corrected chi connectivity index (χ4v) is 6.44. The Kier molecular flexibility index (Phi) is 7.09. The second-order valence-electron chi connectivity index (χ2n) is 8.99. The summed E-state index contributed by atoms with van der Waals surface area (Å²) in [5, 5.41) is 0. The summed E-state index contributed by atoms with van der Waals surface area (Å²) in [6, 6.07) is 31.0. The van der Waals surface area contributed by atoms with Crippen LogP contribution in [0.4, 0.5) is 0 Å². The number of aliphatic imine (C=N–C) groups is 1. The van der Waals surface area contributed by atoms with Crippen molar-refractivity contribution in [1.82, 2.24) is 4.31 Å². The zero-order chi connectivity index (χ0) is 26.0. The first-order chi connectivity index (χ1) is 17.8. The average molecular weight is 574 g/mol. The quantitative estimate of drug-likeness (QED) is 0.241. The summed E-state index contributed by atoms with van der Waals surface area (Å²) in [6.45, 7) is 1.91. The van der Waals surface area contributed by atoms with E-state index in [0.717, 1.165) is 15.6 Å². The molecule has 7 heteroatoms. The molecule has 186 valence electrons. The van der Waals surface area contributed by atoms with Gasteiger partial charge in [-0.3, -0.25) is 9.79 Å². The van der Waals surface area contributed by atoms with Gasteiger partial charge in [-0.1, -0.05) is 106 Å². The lowest BCUT2D eigenvalue weighted by atomic mass is 9.94. The summed E-state index contributed by atoms with van der Waals surface area (Å²) in [4.78, 5) is 18.8. The molecule has 0 spiro atoms. The van der Waals surface area contributed by atoms with Gasteiger partial charge in [-0.25, -0.2) is 12.7 Å². The van der Waals surface area contributed by atoms with Crippen LogP contribution >= 0.6 is 15.9 Å². The molecule has 4 aromatic carbocycles. The number of rotatable bonds is 7. The van der Waals surface area contributed by atoms with Crippen molar-refractivity contribution in [2.45, 2.75) is 30.3 Å². The van der Waals surface area contributed by atoms with E-state index >= 15 is 0 Å². The van der Waals surface area contributed by atoms with Crippen LogP contribution in [0.3, 0.4) is 0 Å². The number of halogens is 1. The first-order valence-corrected chi connectivity index (χ1v) is 14.1. The number of carbonyl (C=O) groups excluding carboxylic acids is 1. The molecule has 5 nitrogen and oxygen atoms in total. The summed E-state index contributed by atoms with van der Waals surface area (Å²) < 4.78 is 30.6. The second-order valence-corrected chi connectivity index (χ2v) is 11.7. The van der Waals surface area contributed by atoms with E-state index in [1.165, 1.54) is 4.31 Å². The third-order valence-electron chi connectivity index (χ3n) is 6.42. The number of Topliss-reactive ketones (excluding diaryl/α,β-unsaturated/α-hetero) is 1. The van der Waals surface area contributed by atoms with Gasteiger partial charge in [-0.15, -0.1) is 0 Å². The lowest BCUT2D eigenvalue weighted by molar-refractivity contribution is 0.0944. The predicted molar refractivity (Wildman–Crippen MR) is 149 cm³/mol. The van der Waals surface area contributed by atoms with Gasteiger partial charge in [0, 0.05) is 16.5 Å². The third-order valence-corrected chi connectivity index (χ3v) is 8.77. The lowest BCUT2D eigenvalue weighted by Crippen LogP contribution is -2.40. The molecule has 0 aliphatic carbocycles. The van der Waals surface area contributed by atoms with Gasteiger partial charge < -0.3 is 0 Å². The number of ketones is 1. The number of hydrogen-bond donors (Lipinski definition) is 0. The topological polar surface area (TPSA) is 66.8 Å². The molecule has 1 heterocycles. The Balaban J connectivity index is 1.67. The van der Waals surface area contributed by atoms with Crippen LogP contribution in [0, 0.1) is 6.92 Å². The highest BCUT2D eigenvalue weighted by molar-refractivity contribution is 9.10. The fraction of sp³-hybridized carbons (Fsp3) is 0.133. The number of hydrogen-bond acceptors (Lipinski definition) is 4. The van der Waals surface area contributed by atoms with Crippen LogP contribution in [0.5, 0.6) is 0 Å². The fourth-order valence-electron chi connectivity index (χ4n) is 4.55. The highest BCUT2D eigenvalue weighted by Gasteiger charge is 2.47. The molecule has 0 saturated heterocycles. The summed E-state index contributed by atoms with van der Waals surface area (Å²) in [5.74, 6) is 0.115. The molecule has 5 rings (SSSR count). The molecule has 0 aromatic heterocycles. The summed E-state index contributed by atoms with van der Waals surface area (Å²) in [7, 11) is -4.03. The highest BCUT2D eigenvalue weighted by Crippen LogP contribution is 2.39. The van der Waals surface area contributed by atoms with Crippen molar-refractivity contribution < 1.29 is 13.2 Å². The Morgan fingerprint density at radius 2 is 1.43 bits per heavy atom. The van der Waals surface area contributed by atoms with E-state index in [4.69, 9.17) is 4.99 Å². The molecular formula is C30H25BrN2O3S. The van der Waals surface area contributed by atoms with Gasteiger partial charge in [0.1, 0.15) is 17.9 Å². The molecule has 0 bridgehead atoms. The van der Waals surface area contributed by atoms with E-state index in [-0.39, 0.29) is 17.1 Å². The number of nitrogens with zero attached hydrogens (tertiary/aromatic N) is 2. The predicted octanol–water partition coefficient (Wildman–Crippen LogP) is 6.40. The van der Waals surface area contributed by atoms with E-state index < -0.39 is 22.1 Å². The van der Waals surface area contributed by atoms with Crippen molar-refractivity contribution in [2.75, 3.05) is 0 Å². The molecule has 0 saturated carbocycles. The van der Waals surface area contributed by atoms with Crippen LogP contribution < -0.4 is 0 Å². The molecule has 37 heavy (non-hydrogen) atoms. The number of amidine groups is 1. The van der Waals surface area contributed by atoms with E-state index in [9.17, 15) is 13.2 Å². The van der Waals surface area contributed by atoms with Crippen molar-refractivity contribution >= 4 is 37.6 Å². The molecule has 2 atom stereocenters. The van der Waals surface area contributed by atoms with E-state index in [2.05, 4.69) is 15.9 Å². The van der Waals surface area contributed by atoms with Crippen molar-refractivity contribution in [3.05, 3.63) is 136 Å². The average Bonchev–Trinajstić information content (AvgIpc) is 3.30. The largest absolute Gasteiger partial charge is 0.292 e. The lowest BCUT2D eigenvalue weighted by Gasteiger charge is -2.30. The Bertz CT molecular complexity index is 1540. The van der Waals surface area contributed by atoms with Crippen LogP contribution in [-0.2, 0) is 16.4 Å². The van der Waals surface area contributed by atoms with Crippen LogP contribution in [-0.4, -0.2) is 30.4 Å². The molecule has 0 N–H and O–H groups in total. The molecule has 4 aromatic rings. The second kappa shape index (κ2) is 10.4. The van der Waals surface area contributed by atoms with Gasteiger partial charge in [0.05, 0.1) is 4.90 Å². The van der Waals surface area contributed by atoms with E-state index in [1.54, 1.807) is 48.5 Å². The van der Waals surface area contributed by atoms with Crippen LogP contribution in [0.25, 0.3) is 0 Å². The molecule has 1 aliphatic heterocycles. The molecule has 0 unspecified atom stereocenters. The molecule has 0 amide bonds. The van der Waals surface area contributed by atoms with Gasteiger partial charge in [0.15, 0.2) is 5.78 Å². The maximum atomic E-state index is 14.2. The summed E-state index contributed by atoms with van der Waals surface area (Å²) in [5.41, 5.74) is 3.06. The van der Waals surface area contributed by atoms with Gasteiger partial charge in [-0.05, 0) is 42.3 Å². The summed E-state index contributed by atoms with van der Waals surface area (Å²) in [6.07, 6.45) is 0.277. The molecular weight excluding hydrogens is 548 g/mol. The van der Waals surface area contributed by atoms with Gasteiger partial charge in [-0.2, -0.15) is 0 Å². The van der Waals surface area contributed by atoms with Crippen molar-refractivity contribution in [3.8, 4) is 0 Å². The summed E-state index contributed by atoms with van der Waals surface area (Å²) >= 11 is 3.41. The monoisotopic (exact) mass is 572 g/mol. The van der Waals surface area contributed by atoms with Gasteiger partial charge in [0.25, 0.3) is 10.0 Å².